The van der Waals surface area contributed by atoms with Gasteiger partial charge < -0.3 is 18.9 Å². The lowest BCUT2D eigenvalue weighted by molar-refractivity contribution is -0.216. The number of carbonyl (C=O) groups is 2. The van der Waals surface area contributed by atoms with Gasteiger partial charge in [-0.05, 0) is 60.1 Å². The van der Waals surface area contributed by atoms with Crippen molar-refractivity contribution in [3.05, 3.63) is 118 Å². The predicted molar refractivity (Wildman–Crippen MR) is 202 cm³/mol. The Bertz CT molecular complexity index is 1690. The van der Waals surface area contributed by atoms with Crippen LogP contribution < -0.4 is 0 Å². The van der Waals surface area contributed by atoms with Crippen LogP contribution in [0.2, 0.25) is 0 Å². The predicted octanol–water partition coefficient (Wildman–Crippen LogP) is 10.8. The molecule has 0 fully saturated rings. The number of hydrogen-bond donors (Lipinski definition) is 0. The molecule has 6 nitrogen and oxygen atoms in total. The summed E-state index contributed by atoms with van der Waals surface area (Å²) in [6.07, 6.45) is 7.27. The van der Waals surface area contributed by atoms with Crippen molar-refractivity contribution in [2.45, 2.75) is 97.1 Å². The van der Waals surface area contributed by atoms with Gasteiger partial charge >= 0.3 is 0 Å². The Morgan fingerprint density at radius 1 is 0.451 bits per heavy atom. The quantitative estimate of drug-likeness (QED) is 0.0398. The molecule has 4 aromatic carbocycles. The van der Waals surface area contributed by atoms with Crippen molar-refractivity contribution in [3.63, 3.8) is 0 Å². The summed E-state index contributed by atoms with van der Waals surface area (Å²) in [5.41, 5.74) is 8.55. The molecule has 0 bridgehead atoms. The molecular formula is C45H52O6. The molecule has 4 aromatic rings. The molecule has 268 valence electrons. The lowest BCUT2D eigenvalue weighted by Crippen LogP contribution is -2.34. The minimum absolute atomic E-state index is 0.247. The van der Waals surface area contributed by atoms with Gasteiger partial charge in [-0.3, -0.25) is 9.59 Å². The maximum Gasteiger partial charge on any atom is 0.223 e. The number of ketones is 2. The van der Waals surface area contributed by atoms with Crippen LogP contribution >= 0.6 is 0 Å². The van der Waals surface area contributed by atoms with Crippen LogP contribution in [0.4, 0.5) is 0 Å². The standard InChI is InChI=1S/C45H52O6/c1-5-9-25-48-44(49-26-10-6-2)38-19-15-13-17-34(38)36-23-21-32(29-40(36)44)42(46)31-43(47)33-22-24-37-35-18-14-16-20-39(35)45(41(37)30-33,50-27-11-7-3)51-28-12-8-4/h13-24,29-30H,5-12,25-28,31H2,1-4H3. The van der Waals surface area contributed by atoms with Gasteiger partial charge in [-0.25, -0.2) is 0 Å². The van der Waals surface area contributed by atoms with Crippen molar-refractivity contribution in [2.24, 2.45) is 0 Å². The Balaban J connectivity index is 1.31. The van der Waals surface area contributed by atoms with E-state index in [2.05, 4.69) is 52.0 Å². The second-order valence-electron chi connectivity index (χ2n) is 13.7. The van der Waals surface area contributed by atoms with Gasteiger partial charge in [0.2, 0.25) is 11.6 Å². The summed E-state index contributed by atoms with van der Waals surface area (Å²) < 4.78 is 26.6. The van der Waals surface area contributed by atoms with Crippen LogP contribution in [0.5, 0.6) is 0 Å². The second-order valence-corrected chi connectivity index (χ2v) is 13.7. The average Bonchev–Trinajstić information content (AvgIpc) is 3.58. The Labute approximate surface area is 303 Å². The fourth-order valence-electron chi connectivity index (χ4n) is 7.25. The molecule has 0 saturated heterocycles. The number of benzene rings is 4. The van der Waals surface area contributed by atoms with E-state index in [1.165, 1.54) is 0 Å². The van der Waals surface area contributed by atoms with Crippen LogP contribution in [0.25, 0.3) is 22.3 Å². The van der Waals surface area contributed by atoms with Gasteiger partial charge in [-0.1, -0.05) is 126 Å². The van der Waals surface area contributed by atoms with E-state index in [4.69, 9.17) is 18.9 Å². The van der Waals surface area contributed by atoms with E-state index in [1.54, 1.807) is 0 Å². The van der Waals surface area contributed by atoms with Gasteiger partial charge in [0.15, 0.2) is 11.6 Å². The molecule has 0 saturated carbocycles. The van der Waals surface area contributed by atoms with Gasteiger partial charge in [-0.2, -0.15) is 0 Å². The number of carbonyl (C=O) groups excluding carboxylic acids is 2. The van der Waals surface area contributed by atoms with Gasteiger partial charge in [0.1, 0.15) is 0 Å². The average molecular weight is 689 g/mol. The third-order valence-electron chi connectivity index (χ3n) is 10.1. The first-order valence-corrected chi connectivity index (χ1v) is 19.0. The highest BCUT2D eigenvalue weighted by atomic mass is 16.7. The number of fused-ring (bicyclic) bond motifs is 6. The zero-order valence-corrected chi connectivity index (χ0v) is 30.7. The number of rotatable bonds is 20. The fraction of sp³-hybridized carbons (Fsp3) is 0.422. The SMILES string of the molecule is CCCCOC1(OCCCC)c2ccccc2-c2ccc(C(=O)CC(=O)c3ccc4c(c3)C(OCCCC)(OCCCC)c3ccccc3-4)cc21. The molecule has 0 heterocycles. The van der Waals surface area contributed by atoms with Crippen molar-refractivity contribution in [1.29, 1.82) is 0 Å². The topological polar surface area (TPSA) is 71.1 Å². The van der Waals surface area contributed by atoms with E-state index in [9.17, 15) is 9.59 Å². The fourth-order valence-corrected chi connectivity index (χ4v) is 7.25. The molecule has 0 unspecified atom stereocenters. The molecule has 0 N–H and O–H groups in total. The molecular weight excluding hydrogens is 636 g/mol. The van der Waals surface area contributed by atoms with E-state index in [0.717, 1.165) is 95.9 Å². The Kier molecular flexibility index (Phi) is 12.0. The van der Waals surface area contributed by atoms with Crippen LogP contribution in [0.3, 0.4) is 0 Å². The zero-order chi connectivity index (χ0) is 35.8. The third kappa shape index (κ3) is 7.12. The molecule has 2 aliphatic carbocycles. The van der Waals surface area contributed by atoms with Crippen molar-refractivity contribution >= 4 is 11.6 Å². The summed E-state index contributed by atoms with van der Waals surface area (Å²) in [6.45, 7) is 10.7. The zero-order valence-electron chi connectivity index (χ0n) is 30.7. The van der Waals surface area contributed by atoms with Crippen LogP contribution in [0.1, 0.15) is 128 Å². The maximum absolute atomic E-state index is 14.0. The van der Waals surface area contributed by atoms with E-state index >= 15 is 0 Å². The third-order valence-corrected chi connectivity index (χ3v) is 10.1. The van der Waals surface area contributed by atoms with Gasteiger partial charge in [0.05, 0.1) is 32.8 Å². The Hall–Kier alpha value is -3.94. The number of hydrogen-bond acceptors (Lipinski definition) is 6. The van der Waals surface area contributed by atoms with Gasteiger partial charge in [-0.15, -0.1) is 0 Å². The second kappa shape index (κ2) is 16.6. The summed E-state index contributed by atoms with van der Waals surface area (Å²) in [5.74, 6) is -2.71. The highest BCUT2D eigenvalue weighted by molar-refractivity contribution is 6.14. The van der Waals surface area contributed by atoms with Gasteiger partial charge in [0.25, 0.3) is 0 Å². The summed E-state index contributed by atoms with van der Waals surface area (Å²) in [7, 11) is 0. The summed E-state index contributed by atoms with van der Waals surface area (Å²) >= 11 is 0. The van der Waals surface area contributed by atoms with Crippen LogP contribution in [-0.2, 0) is 30.5 Å². The van der Waals surface area contributed by atoms with Crippen LogP contribution in [-0.4, -0.2) is 38.0 Å². The summed E-state index contributed by atoms with van der Waals surface area (Å²) in [4.78, 5) is 27.9. The first kappa shape index (κ1) is 36.8. The molecule has 51 heavy (non-hydrogen) atoms. The molecule has 6 rings (SSSR count). The first-order chi connectivity index (χ1) is 24.9. The molecule has 0 spiro atoms. The molecule has 0 atom stereocenters. The molecule has 2 aliphatic rings. The maximum atomic E-state index is 14.0. The summed E-state index contributed by atoms with van der Waals surface area (Å²) in [5, 5.41) is 0. The normalized spacial score (nSPS) is 14.5. The molecule has 0 aromatic heterocycles. The van der Waals surface area contributed by atoms with Crippen molar-refractivity contribution in [1.82, 2.24) is 0 Å². The van der Waals surface area contributed by atoms with Crippen molar-refractivity contribution in [3.8, 4) is 22.3 Å². The van der Waals surface area contributed by atoms with Crippen LogP contribution in [0, 0.1) is 0 Å². The Morgan fingerprint density at radius 2 is 0.784 bits per heavy atom. The van der Waals surface area contributed by atoms with Gasteiger partial charge in [0, 0.05) is 33.4 Å². The lowest BCUT2D eigenvalue weighted by atomic mass is 9.94. The Morgan fingerprint density at radius 3 is 1.14 bits per heavy atom. The first-order valence-electron chi connectivity index (χ1n) is 19.0. The molecule has 6 heteroatoms. The van der Waals surface area contributed by atoms with Crippen molar-refractivity contribution in [2.75, 3.05) is 26.4 Å². The smallest absolute Gasteiger partial charge is 0.223 e. The number of Topliss-reactive ketones (excluding diaryl/α,β-unsaturated/α-hetero) is 2. The summed E-state index contributed by atoms with van der Waals surface area (Å²) in [6, 6.07) is 27.7. The van der Waals surface area contributed by atoms with E-state index in [1.807, 2.05) is 60.7 Å². The van der Waals surface area contributed by atoms with E-state index < -0.39 is 11.6 Å². The van der Waals surface area contributed by atoms with E-state index in [-0.39, 0.29) is 18.0 Å². The molecule has 0 amide bonds. The highest BCUT2D eigenvalue weighted by Gasteiger charge is 2.47. The number of ether oxygens (including phenoxy) is 4. The molecule has 0 aliphatic heterocycles. The minimum atomic E-state index is -1.11. The highest BCUT2D eigenvalue weighted by Crippen LogP contribution is 2.52. The van der Waals surface area contributed by atoms with Crippen molar-refractivity contribution < 1.29 is 28.5 Å². The number of unbranched alkanes of at least 4 members (excludes halogenated alkanes) is 4. The molecule has 0 radical (unpaired) electrons. The van der Waals surface area contributed by atoms with Crippen LogP contribution in [0.15, 0.2) is 84.9 Å². The van der Waals surface area contributed by atoms with E-state index in [0.29, 0.717) is 37.6 Å². The monoisotopic (exact) mass is 688 g/mol. The lowest BCUT2D eigenvalue weighted by Gasteiger charge is -2.32. The minimum Gasteiger partial charge on any atom is -0.342 e. The largest absolute Gasteiger partial charge is 0.342 e.